The maximum absolute atomic E-state index is 13.2. The van der Waals surface area contributed by atoms with Crippen LogP contribution in [0.15, 0.2) is 23.7 Å². The average Bonchev–Trinajstić information content (AvgIpc) is 2.83. The van der Waals surface area contributed by atoms with Crippen LogP contribution in [0, 0.1) is 17.5 Å². The van der Waals surface area contributed by atoms with E-state index >= 15 is 0 Å². The van der Waals surface area contributed by atoms with Crippen LogP contribution in [0.4, 0.5) is 18.9 Å². The number of thiazole rings is 1. The van der Waals surface area contributed by atoms with E-state index in [1.165, 1.54) is 6.20 Å². The number of rotatable bonds is 2. The predicted molar refractivity (Wildman–Crippen MR) is 56.4 cm³/mol. The van der Waals surface area contributed by atoms with Gasteiger partial charge < -0.3 is 5.32 Å². The summed E-state index contributed by atoms with van der Waals surface area (Å²) < 4.78 is 38.7. The highest BCUT2D eigenvalue weighted by Crippen LogP contribution is 2.20. The van der Waals surface area contributed by atoms with Gasteiger partial charge in [0.15, 0.2) is 22.5 Å². The number of hydrogen-bond donors (Lipinski definition) is 1. The van der Waals surface area contributed by atoms with Gasteiger partial charge in [0.05, 0.1) is 5.69 Å². The minimum Gasteiger partial charge on any atom is -0.317 e. The number of carbonyl (C=O) groups excluding carboxylic acids is 1. The fourth-order valence-electron chi connectivity index (χ4n) is 1.13. The van der Waals surface area contributed by atoms with Crippen LogP contribution in [-0.4, -0.2) is 10.9 Å². The Balaban J connectivity index is 2.25. The Labute approximate surface area is 97.9 Å². The summed E-state index contributed by atoms with van der Waals surface area (Å²) >= 11 is 1.05. The Hall–Kier alpha value is -1.89. The lowest BCUT2D eigenvalue weighted by atomic mass is 10.3. The van der Waals surface area contributed by atoms with Gasteiger partial charge in [-0.2, -0.15) is 0 Å². The van der Waals surface area contributed by atoms with Crippen molar-refractivity contribution in [3.8, 4) is 0 Å². The number of aromatic nitrogens is 1. The largest absolute Gasteiger partial charge is 0.317 e. The Morgan fingerprint density at radius 1 is 1.24 bits per heavy atom. The first-order valence-corrected chi connectivity index (χ1v) is 5.32. The fourth-order valence-corrected chi connectivity index (χ4v) is 1.66. The lowest BCUT2D eigenvalue weighted by Crippen LogP contribution is -2.13. The molecule has 1 N–H and O–H groups in total. The molecular weight excluding hydrogens is 253 g/mol. The standard InChI is InChI=1S/C10H5F3N2OS/c11-5-1-2-6(8(13)7(5)12)15-9(16)10-14-3-4-17-10/h1-4H,(H,15,16). The van der Waals surface area contributed by atoms with Crippen LogP contribution in [0.2, 0.25) is 0 Å². The van der Waals surface area contributed by atoms with E-state index in [-0.39, 0.29) is 5.01 Å². The van der Waals surface area contributed by atoms with Crippen LogP contribution in [0.5, 0.6) is 0 Å². The summed E-state index contributed by atoms with van der Waals surface area (Å²) in [7, 11) is 0. The fraction of sp³-hybridized carbons (Fsp3) is 0. The highest BCUT2D eigenvalue weighted by molar-refractivity contribution is 7.11. The third kappa shape index (κ3) is 2.28. The van der Waals surface area contributed by atoms with Crippen molar-refractivity contribution in [3.63, 3.8) is 0 Å². The van der Waals surface area contributed by atoms with Crippen LogP contribution in [-0.2, 0) is 0 Å². The van der Waals surface area contributed by atoms with Gasteiger partial charge in [0.2, 0.25) is 0 Å². The normalized spacial score (nSPS) is 10.3. The van der Waals surface area contributed by atoms with Crippen LogP contribution < -0.4 is 5.32 Å². The number of anilines is 1. The van der Waals surface area contributed by atoms with E-state index in [1.807, 2.05) is 0 Å². The molecule has 2 aromatic rings. The van der Waals surface area contributed by atoms with Gasteiger partial charge in [0.25, 0.3) is 5.91 Å². The lowest BCUT2D eigenvalue weighted by Gasteiger charge is -2.05. The van der Waals surface area contributed by atoms with Crippen LogP contribution in [0.25, 0.3) is 0 Å². The molecule has 3 nitrogen and oxygen atoms in total. The first-order chi connectivity index (χ1) is 8.09. The van der Waals surface area contributed by atoms with Gasteiger partial charge in [-0.1, -0.05) is 0 Å². The van der Waals surface area contributed by atoms with Gasteiger partial charge in [0.1, 0.15) is 0 Å². The monoisotopic (exact) mass is 258 g/mol. The second kappa shape index (κ2) is 4.54. The van der Waals surface area contributed by atoms with E-state index in [2.05, 4.69) is 10.3 Å². The summed E-state index contributed by atoms with van der Waals surface area (Å²) in [4.78, 5) is 15.2. The Kier molecular flexibility index (Phi) is 3.10. The number of nitrogens with one attached hydrogen (secondary N) is 1. The molecule has 0 atom stereocenters. The number of benzene rings is 1. The Morgan fingerprint density at radius 3 is 2.65 bits per heavy atom. The summed E-state index contributed by atoms with van der Waals surface area (Å²) in [6.07, 6.45) is 1.40. The molecule has 0 spiro atoms. The summed E-state index contributed by atoms with van der Waals surface area (Å²) in [5, 5.41) is 3.78. The number of carbonyl (C=O) groups is 1. The molecule has 1 amide bonds. The zero-order chi connectivity index (χ0) is 12.4. The van der Waals surface area contributed by atoms with E-state index < -0.39 is 29.0 Å². The molecule has 0 unspecified atom stereocenters. The van der Waals surface area contributed by atoms with Gasteiger partial charge in [0, 0.05) is 11.6 Å². The topological polar surface area (TPSA) is 42.0 Å². The highest BCUT2D eigenvalue weighted by atomic mass is 32.1. The molecule has 1 aromatic carbocycles. The van der Waals surface area contributed by atoms with Crippen molar-refractivity contribution in [1.82, 2.24) is 4.98 Å². The minimum atomic E-state index is -1.62. The highest BCUT2D eigenvalue weighted by Gasteiger charge is 2.16. The number of hydrogen-bond acceptors (Lipinski definition) is 3. The molecule has 0 aliphatic carbocycles. The van der Waals surface area contributed by atoms with Crippen molar-refractivity contribution in [2.45, 2.75) is 0 Å². The summed E-state index contributed by atoms with van der Waals surface area (Å²) in [5.74, 6) is -5.04. The molecule has 0 radical (unpaired) electrons. The van der Waals surface area contributed by atoms with Crippen LogP contribution in [0.1, 0.15) is 9.80 Å². The quantitative estimate of drug-likeness (QED) is 0.841. The zero-order valence-corrected chi connectivity index (χ0v) is 9.02. The molecule has 0 saturated carbocycles. The SMILES string of the molecule is O=C(Nc1ccc(F)c(F)c1F)c1nccs1. The molecule has 0 saturated heterocycles. The summed E-state index contributed by atoms with van der Waals surface area (Å²) in [5.41, 5.74) is -0.427. The van der Waals surface area contributed by atoms with E-state index in [1.54, 1.807) is 5.38 Å². The minimum absolute atomic E-state index is 0.106. The molecule has 0 bridgehead atoms. The van der Waals surface area contributed by atoms with Gasteiger partial charge in [-0.3, -0.25) is 4.79 Å². The van der Waals surface area contributed by atoms with E-state index in [9.17, 15) is 18.0 Å². The maximum atomic E-state index is 13.2. The van der Waals surface area contributed by atoms with Crippen LogP contribution >= 0.6 is 11.3 Å². The molecule has 88 valence electrons. The lowest BCUT2D eigenvalue weighted by molar-refractivity contribution is 0.102. The molecular formula is C10H5F3N2OS. The predicted octanol–water partition coefficient (Wildman–Crippen LogP) is 2.81. The number of amides is 1. The van der Waals surface area contributed by atoms with Crippen molar-refractivity contribution in [3.05, 3.63) is 46.2 Å². The molecule has 7 heteroatoms. The van der Waals surface area contributed by atoms with Crippen molar-refractivity contribution in [2.24, 2.45) is 0 Å². The number of nitrogens with zero attached hydrogens (tertiary/aromatic N) is 1. The van der Waals surface area contributed by atoms with Crippen molar-refractivity contribution in [2.75, 3.05) is 5.32 Å². The number of halogens is 3. The molecule has 0 fully saturated rings. The summed E-state index contributed by atoms with van der Waals surface area (Å²) in [6, 6.07) is 1.68. The molecule has 1 heterocycles. The van der Waals surface area contributed by atoms with E-state index in [4.69, 9.17) is 0 Å². The van der Waals surface area contributed by atoms with Gasteiger partial charge in [-0.05, 0) is 12.1 Å². The molecule has 17 heavy (non-hydrogen) atoms. The third-order valence-electron chi connectivity index (χ3n) is 1.91. The zero-order valence-electron chi connectivity index (χ0n) is 8.21. The van der Waals surface area contributed by atoms with Crippen molar-refractivity contribution >= 4 is 22.9 Å². The maximum Gasteiger partial charge on any atom is 0.284 e. The molecule has 1 aromatic heterocycles. The molecule has 2 rings (SSSR count). The van der Waals surface area contributed by atoms with Crippen molar-refractivity contribution in [1.29, 1.82) is 0 Å². The Morgan fingerprint density at radius 2 is 2.00 bits per heavy atom. The van der Waals surface area contributed by atoms with Gasteiger partial charge in [-0.25, -0.2) is 18.2 Å². The van der Waals surface area contributed by atoms with Crippen molar-refractivity contribution < 1.29 is 18.0 Å². The van der Waals surface area contributed by atoms with E-state index in [0.717, 1.165) is 23.5 Å². The first-order valence-electron chi connectivity index (χ1n) is 4.44. The average molecular weight is 258 g/mol. The van der Waals surface area contributed by atoms with Gasteiger partial charge in [-0.15, -0.1) is 11.3 Å². The third-order valence-corrected chi connectivity index (χ3v) is 2.68. The molecule has 0 aliphatic rings. The second-order valence-corrected chi connectivity index (χ2v) is 3.91. The molecule has 0 aliphatic heterocycles. The van der Waals surface area contributed by atoms with E-state index in [0.29, 0.717) is 0 Å². The second-order valence-electron chi connectivity index (χ2n) is 3.01. The summed E-state index contributed by atoms with van der Waals surface area (Å²) in [6.45, 7) is 0. The van der Waals surface area contributed by atoms with Gasteiger partial charge >= 0.3 is 0 Å². The smallest absolute Gasteiger partial charge is 0.284 e. The Bertz CT molecular complexity index is 557. The van der Waals surface area contributed by atoms with Crippen LogP contribution in [0.3, 0.4) is 0 Å². The first kappa shape index (κ1) is 11.6.